The zero-order valence-electron chi connectivity index (χ0n) is 8.65. The molecular weight excluding hydrogens is 215 g/mol. The van der Waals surface area contributed by atoms with Crippen LogP contribution in [0.25, 0.3) is 0 Å². The molecule has 0 unspecified atom stereocenters. The second-order valence-corrected chi connectivity index (χ2v) is 3.41. The maximum atomic E-state index is 12.1. The maximum Gasteiger partial charge on any atom is 1.00 e. The molecule has 0 saturated heterocycles. The van der Waals surface area contributed by atoms with E-state index in [-0.39, 0.29) is 51.4 Å². The molecular formula is C9H11BF3K. The van der Waals surface area contributed by atoms with Crippen molar-refractivity contribution in [3.05, 3.63) is 34.9 Å². The Labute approximate surface area is 125 Å². The predicted molar refractivity (Wildman–Crippen MR) is 48.7 cm³/mol. The Bertz CT molecular complexity index is 289. The molecule has 0 aromatic heterocycles. The average molecular weight is 226 g/mol. The van der Waals surface area contributed by atoms with Gasteiger partial charge in [-0.15, -0.1) is 0 Å². The van der Waals surface area contributed by atoms with Gasteiger partial charge in [-0.1, -0.05) is 41.2 Å². The van der Waals surface area contributed by atoms with Crippen LogP contribution in [0.5, 0.6) is 0 Å². The zero-order valence-corrected chi connectivity index (χ0v) is 11.8. The fourth-order valence-electron chi connectivity index (χ4n) is 1.45. The second-order valence-electron chi connectivity index (χ2n) is 3.41. The molecule has 0 spiro atoms. The van der Waals surface area contributed by atoms with E-state index in [1.54, 1.807) is 26.0 Å². The van der Waals surface area contributed by atoms with Crippen molar-refractivity contribution in [2.24, 2.45) is 0 Å². The fraction of sp³-hybridized carbons (Fsp3) is 0.333. The van der Waals surface area contributed by atoms with Gasteiger partial charge in [0.1, 0.15) is 0 Å². The molecule has 14 heavy (non-hydrogen) atoms. The summed E-state index contributed by atoms with van der Waals surface area (Å²) >= 11 is 0. The van der Waals surface area contributed by atoms with Crippen LogP contribution in [0.2, 0.25) is 0 Å². The predicted octanol–water partition coefficient (Wildman–Crippen LogP) is 0.237. The quantitative estimate of drug-likeness (QED) is 0.633. The molecule has 0 amide bonds. The average Bonchev–Trinajstić information content (AvgIpc) is 1.78. The minimum Gasteiger partial charge on any atom is -0.449 e. The Balaban J connectivity index is 0.00000169. The largest absolute Gasteiger partial charge is 1.00 e. The zero-order chi connectivity index (χ0) is 10.1. The Hall–Kier alpha value is 0.711. The van der Waals surface area contributed by atoms with Gasteiger partial charge in [0, 0.05) is 0 Å². The first-order chi connectivity index (χ1) is 5.87. The van der Waals surface area contributed by atoms with Crippen molar-refractivity contribution < 1.29 is 64.3 Å². The van der Waals surface area contributed by atoms with Gasteiger partial charge in [0.15, 0.2) is 0 Å². The van der Waals surface area contributed by atoms with Gasteiger partial charge >= 0.3 is 58.4 Å². The van der Waals surface area contributed by atoms with E-state index in [0.717, 1.165) is 11.1 Å². The molecule has 0 aliphatic rings. The summed E-state index contributed by atoms with van der Waals surface area (Å²) in [5.41, 5.74) is 2.13. The van der Waals surface area contributed by atoms with Crippen LogP contribution in [0.3, 0.4) is 0 Å². The van der Waals surface area contributed by atoms with Crippen molar-refractivity contribution in [2.75, 3.05) is 0 Å². The standard InChI is InChI=1S/C9H11BF3.K/c1-7-3-8(2)5-9(4-7)6-10(11,12)13;/h3-5H,6H2,1-2H3;/q-1;+1. The normalized spacial score (nSPS) is 10.9. The van der Waals surface area contributed by atoms with Gasteiger partial charge in [-0.3, -0.25) is 0 Å². The van der Waals surface area contributed by atoms with Gasteiger partial charge in [-0.05, 0) is 13.8 Å². The molecule has 0 radical (unpaired) electrons. The topological polar surface area (TPSA) is 0 Å². The van der Waals surface area contributed by atoms with Crippen molar-refractivity contribution in [1.29, 1.82) is 0 Å². The third-order valence-corrected chi connectivity index (χ3v) is 1.75. The summed E-state index contributed by atoms with van der Waals surface area (Å²) in [6.07, 6.45) is -0.775. The van der Waals surface area contributed by atoms with Crippen LogP contribution in [0.15, 0.2) is 18.2 Å². The van der Waals surface area contributed by atoms with Gasteiger partial charge in [0.25, 0.3) is 0 Å². The second kappa shape index (κ2) is 5.70. The summed E-state index contributed by atoms with van der Waals surface area (Å²) in [4.78, 5) is 0. The molecule has 0 bridgehead atoms. The van der Waals surface area contributed by atoms with Gasteiger partial charge in [0.2, 0.25) is 0 Å². The summed E-state index contributed by atoms with van der Waals surface area (Å²) in [7, 11) is 0. The van der Waals surface area contributed by atoms with Crippen LogP contribution >= 0.6 is 0 Å². The molecule has 1 aromatic rings. The molecule has 1 aromatic carbocycles. The molecule has 0 nitrogen and oxygen atoms in total. The van der Waals surface area contributed by atoms with E-state index in [0.29, 0.717) is 5.56 Å². The Morgan fingerprint density at radius 1 is 1.00 bits per heavy atom. The minimum atomic E-state index is -4.71. The molecule has 1 rings (SSSR count). The number of aryl methyl sites for hydroxylation is 2. The third kappa shape index (κ3) is 5.56. The summed E-state index contributed by atoms with van der Waals surface area (Å²) in [6.45, 7) is -1.10. The number of hydrogen-bond donors (Lipinski definition) is 0. The number of rotatable bonds is 2. The Morgan fingerprint density at radius 2 is 1.43 bits per heavy atom. The molecule has 0 aliphatic heterocycles. The van der Waals surface area contributed by atoms with Crippen molar-refractivity contribution in [2.45, 2.75) is 20.2 Å². The number of halogens is 3. The molecule has 0 fully saturated rings. The summed E-state index contributed by atoms with van der Waals surface area (Å²) in [6, 6.07) is 5.04. The van der Waals surface area contributed by atoms with E-state index in [9.17, 15) is 12.9 Å². The molecule has 0 N–H and O–H groups in total. The molecule has 0 atom stereocenters. The fourth-order valence-corrected chi connectivity index (χ4v) is 1.45. The Morgan fingerprint density at radius 3 is 1.79 bits per heavy atom. The SMILES string of the molecule is Cc1cc(C)cc(C[B-](F)(F)F)c1.[K+]. The van der Waals surface area contributed by atoms with Gasteiger partial charge in [-0.2, -0.15) is 0 Å². The monoisotopic (exact) mass is 226 g/mol. The molecule has 72 valence electrons. The van der Waals surface area contributed by atoms with Crippen molar-refractivity contribution in [3.8, 4) is 0 Å². The van der Waals surface area contributed by atoms with Crippen LogP contribution in [0.1, 0.15) is 16.7 Å². The van der Waals surface area contributed by atoms with E-state index < -0.39 is 13.3 Å². The van der Waals surface area contributed by atoms with Gasteiger partial charge in [-0.25, -0.2) is 0 Å². The van der Waals surface area contributed by atoms with E-state index in [4.69, 9.17) is 0 Å². The van der Waals surface area contributed by atoms with Gasteiger partial charge in [0.05, 0.1) is 0 Å². The van der Waals surface area contributed by atoms with E-state index in [1.165, 1.54) is 0 Å². The van der Waals surface area contributed by atoms with Crippen LogP contribution in [-0.2, 0) is 6.32 Å². The summed E-state index contributed by atoms with van der Waals surface area (Å²) in [5, 5.41) is 0. The van der Waals surface area contributed by atoms with Crippen LogP contribution in [0.4, 0.5) is 12.9 Å². The van der Waals surface area contributed by atoms with Crippen LogP contribution in [-0.4, -0.2) is 6.98 Å². The number of hydrogen-bond acceptors (Lipinski definition) is 0. The van der Waals surface area contributed by atoms with Crippen LogP contribution in [0, 0.1) is 13.8 Å². The number of benzene rings is 1. The van der Waals surface area contributed by atoms with E-state index in [1.807, 2.05) is 6.07 Å². The van der Waals surface area contributed by atoms with Crippen molar-refractivity contribution >= 4 is 6.98 Å². The minimum absolute atomic E-state index is 0. The maximum absolute atomic E-state index is 12.1. The third-order valence-electron chi connectivity index (χ3n) is 1.75. The molecule has 0 aliphatic carbocycles. The Kier molecular flexibility index (Phi) is 5.99. The first-order valence-corrected chi connectivity index (χ1v) is 4.15. The molecule has 0 heterocycles. The van der Waals surface area contributed by atoms with Crippen molar-refractivity contribution in [3.63, 3.8) is 0 Å². The first-order valence-electron chi connectivity index (χ1n) is 4.15. The first kappa shape index (κ1) is 14.7. The van der Waals surface area contributed by atoms with E-state index in [2.05, 4.69) is 0 Å². The smallest absolute Gasteiger partial charge is 0.449 e. The van der Waals surface area contributed by atoms with Crippen molar-refractivity contribution in [1.82, 2.24) is 0 Å². The summed E-state index contributed by atoms with van der Waals surface area (Å²) < 4.78 is 36.2. The summed E-state index contributed by atoms with van der Waals surface area (Å²) in [5.74, 6) is 0. The van der Waals surface area contributed by atoms with E-state index >= 15 is 0 Å². The van der Waals surface area contributed by atoms with Crippen LogP contribution < -0.4 is 51.4 Å². The molecule has 5 heteroatoms. The molecule has 0 saturated carbocycles. The van der Waals surface area contributed by atoms with Gasteiger partial charge < -0.3 is 12.9 Å².